The molecular formula is C23H24ClFN8O2. The summed E-state index contributed by atoms with van der Waals surface area (Å²) >= 11 is 6.47. The van der Waals surface area contributed by atoms with Crippen LogP contribution in [0.4, 0.5) is 15.9 Å². The Morgan fingerprint density at radius 2 is 2.03 bits per heavy atom. The van der Waals surface area contributed by atoms with Crippen LogP contribution in [0, 0.1) is 17.7 Å². The Morgan fingerprint density at radius 3 is 2.77 bits per heavy atom. The number of hydrogen-bond acceptors (Lipinski definition) is 6. The van der Waals surface area contributed by atoms with Crippen molar-refractivity contribution < 1.29 is 14.0 Å². The maximum Gasteiger partial charge on any atom is 0.229 e. The molecule has 3 aromatic heterocycles. The van der Waals surface area contributed by atoms with Gasteiger partial charge >= 0.3 is 0 Å². The lowest BCUT2D eigenvalue weighted by Gasteiger charge is -2.15. The Labute approximate surface area is 204 Å². The molecule has 10 nitrogen and oxygen atoms in total. The van der Waals surface area contributed by atoms with Crippen molar-refractivity contribution in [3.63, 3.8) is 0 Å². The first kappa shape index (κ1) is 23.0. The third-order valence-electron chi connectivity index (χ3n) is 5.89. The van der Waals surface area contributed by atoms with Gasteiger partial charge in [-0.1, -0.05) is 11.6 Å². The average molecular weight is 499 g/mol. The fourth-order valence-electron chi connectivity index (χ4n) is 4.18. The number of carbonyl (C=O) groups is 2. The summed E-state index contributed by atoms with van der Waals surface area (Å²) in [7, 11) is 0. The van der Waals surface area contributed by atoms with Crippen LogP contribution in [-0.4, -0.2) is 49.0 Å². The van der Waals surface area contributed by atoms with Crippen molar-refractivity contribution >= 4 is 51.5 Å². The van der Waals surface area contributed by atoms with E-state index in [0.717, 1.165) is 0 Å². The summed E-state index contributed by atoms with van der Waals surface area (Å²) in [6.45, 7) is 6.17. The molecule has 0 aliphatic heterocycles. The third-order valence-corrected chi connectivity index (χ3v) is 6.24. The fraction of sp³-hybridized carbons (Fsp3) is 0.348. The second-order valence-corrected chi connectivity index (χ2v) is 9.21. The van der Waals surface area contributed by atoms with Crippen LogP contribution in [0.5, 0.6) is 0 Å². The molecule has 5 rings (SSSR count). The molecule has 1 aromatic carbocycles. The van der Waals surface area contributed by atoms with Crippen LogP contribution < -0.4 is 16.0 Å². The number of nitrogens with one attached hydrogen (secondary N) is 4. The molecule has 1 saturated carbocycles. The molecule has 0 bridgehead atoms. The molecular weight excluding hydrogens is 475 g/mol. The predicted octanol–water partition coefficient (Wildman–Crippen LogP) is 3.60. The summed E-state index contributed by atoms with van der Waals surface area (Å²) in [5, 5.41) is 16.0. The van der Waals surface area contributed by atoms with E-state index < -0.39 is 5.82 Å². The van der Waals surface area contributed by atoms with Gasteiger partial charge in [-0.15, -0.1) is 0 Å². The van der Waals surface area contributed by atoms with Crippen molar-refractivity contribution in [3.05, 3.63) is 35.6 Å². The van der Waals surface area contributed by atoms with Gasteiger partial charge in [-0.2, -0.15) is 5.10 Å². The first-order valence-corrected chi connectivity index (χ1v) is 11.7. The number of aromatic nitrogens is 5. The zero-order valence-corrected chi connectivity index (χ0v) is 20.1. The topological polar surface area (TPSA) is 129 Å². The monoisotopic (exact) mass is 498 g/mol. The summed E-state index contributed by atoms with van der Waals surface area (Å²) in [6, 6.07) is -0.0149. The maximum atomic E-state index is 15.2. The lowest BCUT2D eigenvalue weighted by atomic mass is 10.1. The molecule has 4 N–H and O–H groups in total. The zero-order valence-electron chi connectivity index (χ0n) is 19.3. The summed E-state index contributed by atoms with van der Waals surface area (Å²) in [5.74, 6) is -1.30. The Morgan fingerprint density at radius 1 is 1.26 bits per heavy atom. The number of H-pyrrole nitrogens is 1. The molecule has 1 fully saturated rings. The Hall–Kier alpha value is -3.73. The van der Waals surface area contributed by atoms with E-state index in [2.05, 4.69) is 36.1 Å². The minimum Gasteiger partial charge on any atom is -0.379 e. The van der Waals surface area contributed by atoms with Gasteiger partial charge in [-0.3, -0.25) is 19.7 Å². The summed E-state index contributed by atoms with van der Waals surface area (Å²) in [5.41, 5.74) is 2.03. The third kappa shape index (κ3) is 4.16. The SMILES string of the molecule is CCNC(=O)C1CC1C(=O)Nc1cn2cc(-c3c(Cl)c(F)c(NC(C)C)c4[nH]ncc34)ncc2n1. The van der Waals surface area contributed by atoms with E-state index >= 15 is 4.39 Å². The Bertz CT molecular complexity index is 1460. The molecule has 2 atom stereocenters. The number of rotatable bonds is 7. The molecule has 1 aliphatic carbocycles. The van der Waals surface area contributed by atoms with Crippen molar-refractivity contribution in [2.24, 2.45) is 11.8 Å². The predicted molar refractivity (Wildman–Crippen MR) is 131 cm³/mol. The van der Waals surface area contributed by atoms with E-state index in [1.165, 1.54) is 6.20 Å². The van der Waals surface area contributed by atoms with Gasteiger partial charge in [0.1, 0.15) is 0 Å². The molecule has 1 aliphatic rings. The summed E-state index contributed by atoms with van der Waals surface area (Å²) in [6.07, 6.45) is 6.90. The van der Waals surface area contributed by atoms with Crippen molar-refractivity contribution in [3.8, 4) is 11.3 Å². The molecule has 3 heterocycles. The molecule has 0 spiro atoms. The standard InChI is InChI=1S/C23H24ClFN8O2/c1-4-26-22(34)11-5-12(11)23(35)31-15-9-33-8-14(27-7-16(33)30-15)17-13-6-28-32-20(13)21(29-10(2)3)19(25)18(17)24/h6-12,29H,4-5H2,1-3H3,(H,26,34)(H,28,32)(H,31,35). The molecule has 4 aromatic rings. The highest BCUT2D eigenvalue weighted by atomic mass is 35.5. The van der Waals surface area contributed by atoms with Gasteiger partial charge in [-0.05, 0) is 27.2 Å². The fourth-order valence-corrected chi connectivity index (χ4v) is 4.47. The van der Waals surface area contributed by atoms with Crippen molar-refractivity contribution in [1.29, 1.82) is 0 Å². The number of nitrogens with zero attached hydrogens (tertiary/aromatic N) is 4. The van der Waals surface area contributed by atoms with E-state index in [1.807, 2.05) is 20.8 Å². The summed E-state index contributed by atoms with van der Waals surface area (Å²) < 4.78 is 16.9. The molecule has 182 valence electrons. The first-order chi connectivity index (χ1) is 16.8. The smallest absolute Gasteiger partial charge is 0.229 e. The minimum atomic E-state index is -0.598. The van der Waals surface area contributed by atoms with E-state index in [9.17, 15) is 9.59 Å². The molecule has 0 radical (unpaired) electrons. The van der Waals surface area contributed by atoms with Crippen LogP contribution in [-0.2, 0) is 9.59 Å². The lowest BCUT2D eigenvalue weighted by molar-refractivity contribution is -0.125. The van der Waals surface area contributed by atoms with Crippen LogP contribution in [0.1, 0.15) is 27.2 Å². The van der Waals surface area contributed by atoms with Gasteiger partial charge in [0, 0.05) is 29.7 Å². The lowest BCUT2D eigenvalue weighted by Crippen LogP contribution is -2.27. The van der Waals surface area contributed by atoms with E-state index in [0.29, 0.717) is 46.6 Å². The van der Waals surface area contributed by atoms with Crippen molar-refractivity contribution in [1.82, 2.24) is 29.9 Å². The Kier molecular flexibility index (Phi) is 5.79. The van der Waals surface area contributed by atoms with E-state index in [-0.39, 0.29) is 40.4 Å². The van der Waals surface area contributed by atoms with E-state index in [1.54, 1.807) is 23.0 Å². The number of amides is 2. The summed E-state index contributed by atoms with van der Waals surface area (Å²) in [4.78, 5) is 33.3. The largest absolute Gasteiger partial charge is 0.379 e. The quantitative estimate of drug-likeness (QED) is 0.308. The van der Waals surface area contributed by atoms with Gasteiger partial charge in [-0.25, -0.2) is 9.37 Å². The normalized spacial score (nSPS) is 17.2. The van der Waals surface area contributed by atoms with Gasteiger partial charge in [0.05, 0.1) is 52.3 Å². The average Bonchev–Trinajstić information content (AvgIpc) is 3.31. The van der Waals surface area contributed by atoms with Crippen LogP contribution in [0.3, 0.4) is 0 Å². The number of halogens is 2. The van der Waals surface area contributed by atoms with Crippen LogP contribution >= 0.6 is 11.6 Å². The number of carbonyl (C=O) groups excluding carboxylic acids is 2. The molecule has 0 saturated heterocycles. The minimum absolute atomic E-state index is 0.0149. The van der Waals surface area contributed by atoms with Crippen LogP contribution in [0.2, 0.25) is 5.02 Å². The number of benzene rings is 1. The van der Waals surface area contributed by atoms with Crippen LogP contribution in [0.15, 0.2) is 24.8 Å². The zero-order chi connectivity index (χ0) is 24.9. The number of anilines is 2. The first-order valence-electron chi connectivity index (χ1n) is 11.3. The number of aromatic amines is 1. The second kappa shape index (κ2) is 8.81. The molecule has 2 unspecified atom stereocenters. The highest BCUT2D eigenvalue weighted by molar-refractivity contribution is 6.35. The van der Waals surface area contributed by atoms with Crippen molar-refractivity contribution in [2.75, 3.05) is 17.2 Å². The van der Waals surface area contributed by atoms with Gasteiger partial charge in [0.2, 0.25) is 11.8 Å². The highest BCUT2D eigenvalue weighted by Gasteiger charge is 2.48. The molecule has 12 heteroatoms. The number of fused-ring (bicyclic) bond motifs is 2. The molecule has 2 amide bonds. The Balaban J connectivity index is 1.45. The highest BCUT2D eigenvalue weighted by Crippen LogP contribution is 2.41. The second-order valence-electron chi connectivity index (χ2n) is 8.83. The van der Waals surface area contributed by atoms with Crippen LogP contribution in [0.25, 0.3) is 27.8 Å². The van der Waals surface area contributed by atoms with Gasteiger partial charge < -0.3 is 20.4 Å². The molecule has 35 heavy (non-hydrogen) atoms. The number of hydrogen-bond donors (Lipinski definition) is 4. The van der Waals surface area contributed by atoms with Gasteiger partial charge in [0.15, 0.2) is 17.3 Å². The van der Waals surface area contributed by atoms with Gasteiger partial charge in [0.25, 0.3) is 0 Å². The van der Waals surface area contributed by atoms with Crippen molar-refractivity contribution in [2.45, 2.75) is 33.2 Å². The van der Waals surface area contributed by atoms with E-state index in [4.69, 9.17) is 11.6 Å². The number of imidazole rings is 1. The maximum absolute atomic E-state index is 15.2.